The van der Waals surface area contributed by atoms with E-state index in [1.54, 1.807) is 0 Å². The molecule has 6 N–H and O–H groups in total. The van der Waals surface area contributed by atoms with Gasteiger partial charge in [-0.1, -0.05) is 45.0 Å². The van der Waals surface area contributed by atoms with Gasteiger partial charge in [-0.3, -0.25) is 0 Å². The fourth-order valence-corrected chi connectivity index (χ4v) is 3.56. The van der Waals surface area contributed by atoms with Gasteiger partial charge in [0.1, 0.15) is 36.9 Å². The standard InChI is InChI=1S/C28H45N3O4/c1-6-21(3)31-17-25(33)19-35-27-13-9-23(10-14-27)28(4,5)22-7-11-26(12-8-22)34-18-24(32)16-30-15-20(2)29/h7-14,20-21,24-25,30-33H,6,15-19,29H2,1-5H3. The van der Waals surface area contributed by atoms with E-state index in [0.29, 0.717) is 25.7 Å². The van der Waals surface area contributed by atoms with E-state index in [0.717, 1.165) is 29.0 Å². The number of hydrogen-bond donors (Lipinski definition) is 5. The lowest BCUT2D eigenvalue weighted by molar-refractivity contribution is 0.104. The summed E-state index contributed by atoms with van der Waals surface area (Å²) in [4.78, 5) is 0. The van der Waals surface area contributed by atoms with Crippen LogP contribution in [0.15, 0.2) is 48.5 Å². The number of rotatable bonds is 16. The smallest absolute Gasteiger partial charge is 0.119 e. The highest BCUT2D eigenvalue weighted by atomic mass is 16.5. The topological polar surface area (TPSA) is 109 Å². The first-order valence-electron chi connectivity index (χ1n) is 12.6. The van der Waals surface area contributed by atoms with E-state index in [1.165, 1.54) is 0 Å². The van der Waals surface area contributed by atoms with Crippen molar-refractivity contribution in [2.75, 3.05) is 32.8 Å². The molecule has 0 aliphatic carbocycles. The molecule has 2 rings (SSSR count). The van der Waals surface area contributed by atoms with Gasteiger partial charge in [-0.05, 0) is 55.7 Å². The van der Waals surface area contributed by atoms with Crippen molar-refractivity contribution in [2.45, 2.75) is 70.7 Å². The average Bonchev–Trinajstić information content (AvgIpc) is 2.85. The van der Waals surface area contributed by atoms with Gasteiger partial charge in [-0.25, -0.2) is 0 Å². The zero-order valence-electron chi connectivity index (χ0n) is 22.0. The molecule has 0 aromatic heterocycles. The van der Waals surface area contributed by atoms with Gasteiger partial charge in [0.25, 0.3) is 0 Å². The minimum absolute atomic E-state index is 0.0533. The SMILES string of the molecule is CCC(C)NCC(O)COc1ccc(C(C)(C)c2ccc(OCC(O)CNCC(C)N)cc2)cc1. The number of aliphatic hydroxyl groups is 2. The van der Waals surface area contributed by atoms with Gasteiger partial charge in [0, 0.05) is 37.1 Å². The molecule has 0 aliphatic heterocycles. The maximum absolute atomic E-state index is 10.1. The zero-order chi connectivity index (χ0) is 25.8. The lowest BCUT2D eigenvalue weighted by Crippen LogP contribution is -2.37. The first kappa shape index (κ1) is 29.1. The molecule has 0 aliphatic rings. The van der Waals surface area contributed by atoms with Crippen molar-refractivity contribution < 1.29 is 19.7 Å². The Balaban J connectivity index is 1.86. The fourth-order valence-electron chi connectivity index (χ4n) is 3.56. The summed E-state index contributed by atoms with van der Waals surface area (Å²) in [6.07, 6.45) is -0.119. The second kappa shape index (κ2) is 14.4. The summed E-state index contributed by atoms with van der Waals surface area (Å²) in [7, 11) is 0. The van der Waals surface area contributed by atoms with E-state index in [9.17, 15) is 10.2 Å². The van der Waals surface area contributed by atoms with Crippen LogP contribution in [0.2, 0.25) is 0 Å². The summed E-state index contributed by atoms with van der Waals surface area (Å²) in [6, 6.07) is 16.4. The molecule has 7 nitrogen and oxygen atoms in total. The van der Waals surface area contributed by atoms with Crippen LogP contribution in [0.3, 0.4) is 0 Å². The molecule has 4 unspecified atom stereocenters. The number of nitrogens with two attached hydrogens (primary N) is 1. The maximum Gasteiger partial charge on any atom is 0.119 e. The van der Waals surface area contributed by atoms with Gasteiger partial charge < -0.3 is 36.1 Å². The van der Waals surface area contributed by atoms with E-state index in [4.69, 9.17) is 15.2 Å². The molecule has 7 heteroatoms. The molecule has 35 heavy (non-hydrogen) atoms. The van der Waals surface area contributed by atoms with E-state index < -0.39 is 12.2 Å². The minimum atomic E-state index is -0.595. The number of nitrogens with one attached hydrogen (secondary N) is 2. The van der Waals surface area contributed by atoms with Crippen molar-refractivity contribution in [1.29, 1.82) is 0 Å². The predicted molar refractivity (Wildman–Crippen MR) is 142 cm³/mol. The summed E-state index contributed by atoms with van der Waals surface area (Å²) in [5, 5.41) is 26.6. The lowest BCUT2D eigenvalue weighted by Gasteiger charge is -2.26. The molecule has 2 aromatic carbocycles. The normalized spacial score (nSPS) is 15.3. The Kier molecular flexibility index (Phi) is 12.0. The monoisotopic (exact) mass is 487 g/mol. The third-order valence-electron chi connectivity index (χ3n) is 6.20. The van der Waals surface area contributed by atoms with Crippen molar-refractivity contribution in [3.05, 3.63) is 59.7 Å². The molecule has 0 saturated heterocycles. The molecule has 2 aromatic rings. The first-order chi connectivity index (χ1) is 16.6. The Morgan fingerprint density at radius 1 is 0.800 bits per heavy atom. The highest BCUT2D eigenvalue weighted by molar-refractivity contribution is 5.41. The zero-order valence-corrected chi connectivity index (χ0v) is 22.0. The highest BCUT2D eigenvalue weighted by Gasteiger charge is 2.23. The van der Waals surface area contributed by atoms with Crippen LogP contribution >= 0.6 is 0 Å². The Labute approximate surface area is 211 Å². The molecule has 0 bridgehead atoms. The van der Waals surface area contributed by atoms with Gasteiger partial charge in [0.2, 0.25) is 0 Å². The Hall–Kier alpha value is -2.16. The van der Waals surface area contributed by atoms with Crippen LogP contribution in [0, 0.1) is 0 Å². The van der Waals surface area contributed by atoms with Crippen LogP contribution < -0.4 is 25.8 Å². The highest BCUT2D eigenvalue weighted by Crippen LogP contribution is 2.33. The lowest BCUT2D eigenvalue weighted by atomic mass is 9.78. The Bertz CT molecular complexity index is 840. The van der Waals surface area contributed by atoms with Gasteiger partial charge in [-0.2, -0.15) is 0 Å². The molecule has 0 saturated carbocycles. The summed E-state index contributed by atoms with van der Waals surface area (Å²) in [5.74, 6) is 1.46. The third-order valence-corrected chi connectivity index (χ3v) is 6.20. The molecule has 4 atom stereocenters. The van der Waals surface area contributed by atoms with Crippen LogP contribution in [0.1, 0.15) is 52.2 Å². The molecule has 196 valence electrons. The van der Waals surface area contributed by atoms with Crippen molar-refractivity contribution in [3.63, 3.8) is 0 Å². The van der Waals surface area contributed by atoms with Crippen molar-refractivity contribution in [3.8, 4) is 11.5 Å². The van der Waals surface area contributed by atoms with E-state index in [1.807, 2.05) is 31.2 Å². The predicted octanol–water partition coefficient (Wildman–Crippen LogP) is 2.82. The first-order valence-corrected chi connectivity index (χ1v) is 12.6. The summed E-state index contributed by atoms with van der Waals surface area (Å²) in [6.45, 7) is 12.6. The number of hydrogen-bond acceptors (Lipinski definition) is 7. The number of benzene rings is 2. The van der Waals surface area contributed by atoms with Crippen LogP contribution in [-0.2, 0) is 5.41 Å². The Morgan fingerprint density at radius 2 is 1.26 bits per heavy atom. The largest absolute Gasteiger partial charge is 0.491 e. The van der Waals surface area contributed by atoms with Crippen molar-refractivity contribution >= 4 is 0 Å². The Morgan fingerprint density at radius 3 is 1.69 bits per heavy atom. The second-order valence-electron chi connectivity index (χ2n) is 9.96. The molecular formula is C28H45N3O4. The summed E-state index contributed by atoms with van der Waals surface area (Å²) in [5.41, 5.74) is 7.80. The molecule has 0 fully saturated rings. The van der Waals surface area contributed by atoms with Crippen LogP contribution in [0.5, 0.6) is 11.5 Å². The quantitative estimate of drug-likeness (QED) is 0.248. The summed E-state index contributed by atoms with van der Waals surface area (Å²) >= 11 is 0. The van der Waals surface area contributed by atoms with Crippen molar-refractivity contribution in [1.82, 2.24) is 10.6 Å². The fraction of sp³-hybridized carbons (Fsp3) is 0.571. The van der Waals surface area contributed by atoms with Gasteiger partial charge >= 0.3 is 0 Å². The average molecular weight is 488 g/mol. The van der Waals surface area contributed by atoms with E-state index in [-0.39, 0.29) is 24.7 Å². The van der Waals surface area contributed by atoms with Crippen molar-refractivity contribution in [2.24, 2.45) is 5.73 Å². The second-order valence-corrected chi connectivity index (χ2v) is 9.96. The van der Waals surface area contributed by atoms with E-state index >= 15 is 0 Å². The van der Waals surface area contributed by atoms with Gasteiger partial charge in [-0.15, -0.1) is 0 Å². The minimum Gasteiger partial charge on any atom is -0.491 e. The number of ether oxygens (including phenoxy) is 2. The van der Waals surface area contributed by atoms with Crippen LogP contribution in [0.25, 0.3) is 0 Å². The van der Waals surface area contributed by atoms with Crippen LogP contribution in [-0.4, -0.2) is 67.4 Å². The van der Waals surface area contributed by atoms with Crippen LogP contribution in [0.4, 0.5) is 0 Å². The maximum atomic E-state index is 10.1. The summed E-state index contributed by atoms with van der Waals surface area (Å²) < 4.78 is 11.5. The third kappa shape index (κ3) is 10.2. The number of aliphatic hydroxyl groups excluding tert-OH is 2. The molecular weight excluding hydrogens is 442 g/mol. The van der Waals surface area contributed by atoms with E-state index in [2.05, 4.69) is 62.6 Å². The van der Waals surface area contributed by atoms with Gasteiger partial charge in [0.15, 0.2) is 0 Å². The molecule has 0 radical (unpaired) electrons. The molecule has 0 heterocycles. The molecule has 0 spiro atoms. The van der Waals surface area contributed by atoms with Gasteiger partial charge in [0.05, 0.1) is 0 Å². The molecule has 0 amide bonds.